The Morgan fingerprint density at radius 3 is 1.91 bits per heavy atom. The molecule has 12 heteroatoms. The van der Waals surface area contributed by atoms with Gasteiger partial charge in [-0.3, -0.25) is 0 Å². The number of fused-ring (bicyclic) bond motifs is 1. The number of alkyl halides is 3. The zero-order valence-electron chi connectivity index (χ0n) is 25.1. The van der Waals surface area contributed by atoms with Gasteiger partial charge in [-0.2, -0.15) is 21.6 Å². The molecule has 0 aliphatic rings. The highest BCUT2D eigenvalue weighted by Gasteiger charge is 2.51. The van der Waals surface area contributed by atoms with Gasteiger partial charge in [0.25, 0.3) is 8.32 Å². The smallest absolute Gasteiger partial charge is 0.407 e. The summed E-state index contributed by atoms with van der Waals surface area (Å²) in [6, 6.07) is 31.0. The third kappa shape index (κ3) is 6.54. The van der Waals surface area contributed by atoms with Gasteiger partial charge in [-0.1, -0.05) is 123 Å². The summed E-state index contributed by atoms with van der Waals surface area (Å²) in [7, 11) is -9.15. The van der Waals surface area contributed by atoms with Crippen molar-refractivity contribution in [1.29, 1.82) is 0 Å². The summed E-state index contributed by atoms with van der Waals surface area (Å²) in [4.78, 5) is 4.26. The lowest BCUT2D eigenvalue weighted by Gasteiger charge is -2.43. The number of benzene rings is 4. The molecule has 0 aliphatic carbocycles. The molecule has 0 saturated heterocycles. The zero-order valence-corrected chi connectivity index (χ0v) is 28.4. The molecule has 5 aromatic rings. The van der Waals surface area contributed by atoms with Gasteiger partial charge < -0.3 is 8.61 Å². The highest BCUT2D eigenvalue weighted by Crippen LogP contribution is 2.42. The predicted molar refractivity (Wildman–Crippen MR) is 180 cm³/mol. The molecule has 4 aromatic carbocycles. The molecule has 0 radical (unpaired) electrons. The summed E-state index contributed by atoms with van der Waals surface area (Å²) in [6.45, 7) is 6.27. The van der Waals surface area contributed by atoms with Crippen molar-refractivity contribution in [2.75, 3.05) is 6.61 Å². The first-order valence-electron chi connectivity index (χ1n) is 14.3. The maximum Gasteiger partial charge on any atom is 0.534 e. The molecule has 0 amide bonds. The Kier molecular flexibility index (Phi) is 9.59. The van der Waals surface area contributed by atoms with Gasteiger partial charge in [-0.25, -0.2) is 4.98 Å². The van der Waals surface area contributed by atoms with Crippen LogP contribution in [0.15, 0.2) is 103 Å². The number of rotatable bonds is 9. The molecule has 0 N–H and O–H groups in total. The maximum absolute atomic E-state index is 13.6. The summed E-state index contributed by atoms with van der Waals surface area (Å²) < 4.78 is 77.4. The van der Waals surface area contributed by atoms with E-state index in [-0.39, 0.29) is 29.1 Å². The van der Waals surface area contributed by atoms with Crippen molar-refractivity contribution < 1.29 is 30.2 Å². The van der Waals surface area contributed by atoms with Crippen molar-refractivity contribution in [3.05, 3.63) is 119 Å². The fourth-order valence-electron chi connectivity index (χ4n) is 5.74. The van der Waals surface area contributed by atoms with E-state index >= 15 is 0 Å². The molecular weight excluding hydrogens is 674 g/mol. The van der Waals surface area contributed by atoms with E-state index in [1.165, 1.54) is 12.1 Å². The average molecular weight is 705 g/mol. The highest BCUT2D eigenvalue weighted by atomic mass is 35.5. The van der Waals surface area contributed by atoms with Crippen molar-refractivity contribution in [1.82, 2.24) is 4.98 Å². The van der Waals surface area contributed by atoms with Gasteiger partial charge in [0.05, 0.1) is 5.52 Å². The average Bonchev–Trinajstić information content (AvgIpc) is 2.99. The minimum Gasteiger partial charge on any atom is -0.407 e. The van der Waals surface area contributed by atoms with E-state index in [9.17, 15) is 21.6 Å². The van der Waals surface area contributed by atoms with Gasteiger partial charge in [-0.15, -0.1) is 0 Å². The first-order chi connectivity index (χ1) is 21.7. The topological polar surface area (TPSA) is 65.5 Å². The van der Waals surface area contributed by atoms with E-state index in [0.717, 1.165) is 10.4 Å². The lowest BCUT2D eigenvalue weighted by atomic mass is 9.94. The Morgan fingerprint density at radius 1 is 0.804 bits per heavy atom. The molecule has 5 rings (SSSR count). The Morgan fingerprint density at radius 2 is 1.37 bits per heavy atom. The van der Waals surface area contributed by atoms with Crippen molar-refractivity contribution in [3.63, 3.8) is 0 Å². The van der Waals surface area contributed by atoms with Gasteiger partial charge in [-0.05, 0) is 39.7 Å². The summed E-state index contributed by atoms with van der Waals surface area (Å²) in [5, 5.41) is 2.69. The molecule has 0 spiro atoms. The van der Waals surface area contributed by atoms with E-state index in [4.69, 9.17) is 31.8 Å². The van der Waals surface area contributed by atoms with Crippen LogP contribution in [0.3, 0.4) is 0 Å². The van der Waals surface area contributed by atoms with E-state index in [2.05, 4.69) is 25.8 Å². The Balaban J connectivity index is 1.73. The largest absolute Gasteiger partial charge is 0.534 e. The van der Waals surface area contributed by atoms with Crippen LogP contribution in [-0.4, -0.2) is 33.8 Å². The monoisotopic (exact) mass is 703 g/mol. The molecule has 0 fully saturated rings. The predicted octanol–water partition coefficient (Wildman–Crippen LogP) is 8.56. The Labute approximate surface area is 277 Å². The summed E-state index contributed by atoms with van der Waals surface area (Å²) in [5.74, 6) is -0.715. The van der Waals surface area contributed by atoms with E-state index in [1.807, 2.05) is 60.7 Å². The minimum atomic E-state index is -6.08. The molecule has 0 saturated carbocycles. The number of nitrogens with zero attached hydrogens (tertiary/aromatic N) is 1. The first kappa shape index (κ1) is 33.9. The number of halogens is 5. The number of hydrogen-bond donors (Lipinski definition) is 0. The van der Waals surface area contributed by atoms with Crippen molar-refractivity contribution in [3.8, 4) is 17.0 Å². The second-order valence-corrected chi connectivity index (χ2v) is 18.3. The second kappa shape index (κ2) is 13.0. The molecular formula is C34H30Cl2F3NO4SSi. The van der Waals surface area contributed by atoms with Crippen molar-refractivity contribution >= 4 is 62.9 Å². The Bertz CT molecular complexity index is 1930. The van der Waals surface area contributed by atoms with Gasteiger partial charge in [0.1, 0.15) is 0 Å². The van der Waals surface area contributed by atoms with Gasteiger partial charge >= 0.3 is 15.6 Å². The van der Waals surface area contributed by atoms with E-state index < -0.39 is 34.9 Å². The van der Waals surface area contributed by atoms with Gasteiger partial charge in [0, 0.05) is 45.1 Å². The van der Waals surface area contributed by atoms with Crippen LogP contribution >= 0.6 is 23.2 Å². The van der Waals surface area contributed by atoms with E-state index in [0.29, 0.717) is 21.5 Å². The fourth-order valence-corrected chi connectivity index (χ4v) is 11.1. The molecule has 0 unspecified atom stereocenters. The van der Waals surface area contributed by atoms with Crippen LogP contribution in [0.4, 0.5) is 13.2 Å². The quantitative estimate of drug-likeness (QED) is 0.0875. The van der Waals surface area contributed by atoms with Crippen molar-refractivity contribution in [2.24, 2.45) is 0 Å². The normalized spacial score (nSPS) is 12.8. The fraction of sp³-hybridized carbons (Fsp3) is 0.206. The van der Waals surface area contributed by atoms with Crippen LogP contribution in [-0.2, 0) is 21.0 Å². The van der Waals surface area contributed by atoms with Crippen LogP contribution in [0.5, 0.6) is 5.88 Å². The van der Waals surface area contributed by atoms with E-state index in [1.54, 1.807) is 30.3 Å². The second-order valence-electron chi connectivity index (χ2n) is 11.7. The van der Waals surface area contributed by atoms with Crippen molar-refractivity contribution in [2.45, 2.75) is 37.7 Å². The van der Waals surface area contributed by atoms with Gasteiger partial charge in [0.2, 0.25) is 5.88 Å². The zero-order chi connectivity index (χ0) is 33.3. The molecule has 1 heterocycles. The molecule has 5 nitrogen and oxygen atoms in total. The summed E-state index contributed by atoms with van der Waals surface area (Å²) in [5.41, 5.74) is -4.65. The summed E-state index contributed by atoms with van der Waals surface area (Å²) >= 11 is 13.0. The third-order valence-corrected chi connectivity index (χ3v) is 14.3. The molecule has 0 bridgehead atoms. The molecule has 46 heavy (non-hydrogen) atoms. The molecule has 0 aliphatic heterocycles. The SMILES string of the molecule is CC(C)(C)[Si](OCCc1c(OS(=O)(=O)C(F)(F)F)nc2ccc(Cl)cc2c1-c1ccccc1Cl)(c1ccccc1)c1ccccc1. The molecule has 1 aromatic heterocycles. The third-order valence-electron chi connectivity index (χ3n) is 7.71. The summed E-state index contributed by atoms with van der Waals surface area (Å²) in [6.07, 6.45) is -0.0663. The number of hydrogen-bond acceptors (Lipinski definition) is 5. The maximum atomic E-state index is 13.6. The minimum absolute atomic E-state index is 0.0130. The standard InChI is InChI=1S/C34H30Cl2F3NO4SSi/c1-33(2,3)46(24-12-6-4-7-13-24,25-14-8-5-9-15-25)43-21-20-27-31(26-16-10-11-17-29(26)36)28-22-23(35)18-19-30(28)40-32(27)44-45(41,42)34(37,38)39/h4-19,22H,20-21H2,1-3H3. The molecule has 0 atom stereocenters. The number of aromatic nitrogens is 1. The lowest BCUT2D eigenvalue weighted by Crippen LogP contribution is -2.66. The Hall–Kier alpha value is -3.41. The van der Waals surface area contributed by atoms with Crippen LogP contribution in [0, 0.1) is 0 Å². The highest BCUT2D eigenvalue weighted by molar-refractivity contribution is 7.88. The van der Waals surface area contributed by atoms with Crippen LogP contribution in [0.25, 0.3) is 22.0 Å². The number of pyridine rings is 1. The lowest BCUT2D eigenvalue weighted by molar-refractivity contribution is -0.0501. The van der Waals surface area contributed by atoms with Crippen LogP contribution in [0.2, 0.25) is 15.1 Å². The molecule has 240 valence electrons. The van der Waals surface area contributed by atoms with Crippen LogP contribution < -0.4 is 14.6 Å². The first-order valence-corrected chi connectivity index (χ1v) is 18.4. The van der Waals surface area contributed by atoms with Crippen LogP contribution in [0.1, 0.15) is 26.3 Å². The van der Waals surface area contributed by atoms with Gasteiger partial charge in [0.15, 0.2) is 0 Å².